The zero-order chi connectivity index (χ0) is 18.4. The number of nitrogens with one attached hydrogen (secondary N) is 1. The third-order valence-electron chi connectivity index (χ3n) is 4.99. The van der Waals surface area contributed by atoms with Crippen LogP contribution in [0.4, 0.5) is 4.39 Å². The van der Waals surface area contributed by atoms with Gasteiger partial charge in [-0.05, 0) is 25.0 Å². The van der Waals surface area contributed by atoms with Crippen molar-refractivity contribution in [3.05, 3.63) is 54.1 Å². The first kappa shape index (κ1) is 18.5. The number of benzene rings is 1. The van der Waals surface area contributed by atoms with Gasteiger partial charge in [0.2, 0.25) is 5.91 Å². The van der Waals surface area contributed by atoms with E-state index in [0.29, 0.717) is 51.2 Å². The number of hydrogen-bond acceptors (Lipinski definition) is 4. The number of ether oxygens (including phenoxy) is 1. The molecule has 2 aromatic rings. The Morgan fingerprint density at radius 3 is 2.73 bits per heavy atom. The van der Waals surface area contributed by atoms with Crippen molar-refractivity contribution in [3.63, 3.8) is 0 Å². The predicted octanol–water partition coefficient (Wildman–Crippen LogP) is 1.78. The quantitative estimate of drug-likeness (QED) is 0.765. The Hall–Kier alpha value is -2.25. The maximum absolute atomic E-state index is 13.9. The Balaban J connectivity index is 1.69. The van der Waals surface area contributed by atoms with Gasteiger partial charge in [-0.1, -0.05) is 18.2 Å². The molecule has 2 heterocycles. The monoisotopic (exact) mass is 360 g/mol. The molecule has 0 aliphatic carbocycles. The lowest BCUT2D eigenvalue weighted by Crippen LogP contribution is -2.55. The molecule has 6 nitrogen and oxygen atoms in total. The summed E-state index contributed by atoms with van der Waals surface area (Å²) in [6.07, 6.45) is 4.78. The highest BCUT2D eigenvalue weighted by Gasteiger charge is 2.43. The zero-order valence-corrected chi connectivity index (χ0v) is 15.0. The van der Waals surface area contributed by atoms with Crippen molar-refractivity contribution in [1.29, 1.82) is 0 Å². The molecule has 1 fully saturated rings. The van der Waals surface area contributed by atoms with Crippen LogP contribution in [0.3, 0.4) is 0 Å². The van der Waals surface area contributed by atoms with Gasteiger partial charge in [0.15, 0.2) is 0 Å². The lowest BCUT2D eigenvalue weighted by molar-refractivity contribution is -0.133. The van der Waals surface area contributed by atoms with Crippen LogP contribution < -0.4 is 5.32 Å². The molecule has 0 atom stereocenters. The van der Waals surface area contributed by atoms with Crippen molar-refractivity contribution in [3.8, 4) is 0 Å². The summed E-state index contributed by atoms with van der Waals surface area (Å²) in [4.78, 5) is 15.1. The minimum absolute atomic E-state index is 0.0382. The minimum atomic E-state index is -0.705. The number of aromatic nitrogens is 2. The maximum atomic E-state index is 13.9. The first-order valence-electron chi connectivity index (χ1n) is 8.89. The Morgan fingerprint density at radius 2 is 2.08 bits per heavy atom. The van der Waals surface area contributed by atoms with Crippen molar-refractivity contribution in [1.82, 2.24) is 20.0 Å². The van der Waals surface area contributed by atoms with E-state index >= 15 is 0 Å². The second-order valence-corrected chi connectivity index (χ2v) is 6.60. The molecule has 1 aromatic carbocycles. The van der Waals surface area contributed by atoms with Gasteiger partial charge in [-0.2, -0.15) is 5.10 Å². The number of halogens is 1. The molecule has 1 aliphatic heterocycles. The van der Waals surface area contributed by atoms with E-state index in [1.54, 1.807) is 24.1 Å². The molecular weight excluding hydrogens is 335 g/mol. The van der Waals surface area contributed by atoms with Crippen LogP contribution in [0.1, 0.15) is 18.4 Å². The van der Waals surface area contributed by atoms with Crippen molar-refractivity contribution >= 4 is 5.91 Å². The number of hydrogen-bond donors (Lipinski definition) is 1. The fraction of sp³-hybridized carbons (Fsp3) is 0.474. The Morgan fingerprint density at radius 1 is 1.31 bits per heavy atom. The average molecular weight is 360 g/mol. The molecule has 3 rings (SSSR count). The topological polar surface area (TPSA) is 59.4 Å². The van der Waals surface area contributed by atoms with E-state index < -0.39 is 5.54 Å². The highest BCUT2D eigenvalue weighted by molar-refractivity contribution is 5.84. The number of piperidine rings is 1. The van der Waals surface area contributed by atoms with Crippen LogP contribution in [0.25, 0.3) is 0 Å². The van der Waals surface area contributed by atoms with Crippen molar-refractivity contribution in [2.45, 2.75) is 24.9 Å². The van der Waals surface area contributed by atoms with Crippen molar-refractivity contribution < 1.29 is 13.9 Å². The second kappa shape index (κ2) is 8.42. The van der Waals surface area contributed by atoms with E-state index in [1.165, 1.54) is 6.07 Å². The number of nitrogens with zero attached hydrogens (tertiary/aromatic N) is 3. The lowest BCUT2D eigenvalue weighted by Gasteiger charge is -2.40. The van der Waals surface area contributed by atoms with Gasteiger partial charge >= 0.3 is 0 Å². The third kappa shape index (κ3) is 3.94. The van der Waals surface area contributed by atoms with Gasteiger partial charge in [0.05, 0.1) is 6.61 Å². The van der Waals surface area contributed by atoms with Gasteiger partial charge in [0, 0.05) is 51.2 Å². The van der Waals surface area contributed by atoms with Crippen LogP contribution in [0.5, 0.6) is 0 Å². The standard InChI is InChI=1S/C19H25FN4O2/c1-26-14-10-21-18(25)19(24-11-4-9-22-24)7-12-23(13-8-19)15-16-5-2-3-6-17(16)20/h2-6,9,11H,7-8,10,12-15H2,1H3,(H,21,25). The molecule has 140 valence electrons. The third-order valence-corrected chi connectivity index (χ3v) is 4.99. The SMILES string of the molecule is COCCNC(=O)C1(n2cccn2)CCN(Cc2ccccc2F)CC1. The largest absolute Gasteiger partial charge is 0.383 e. The Kier molecular flexibility index (Phi) is 6.00. The van der Waals surface area contributed by atoms with E-state index in [1.807, 2.05) is 24.4 Å². The molecule has 0 bridgehead atoms. The number of carbonyl (C=O) groups is 1. The van der Waals surface area contributed by atoms with Crippen LogP contribution in [-0.2, 0) is 21.6 Å². The van der Waals surface area contributed by atoms with Gasteiger partial charge in [0.1, 0.15) is 11.4 Å². The summed E-state index contributed by atoms with van der Waals surface area (Å²) in [6.45, 7) is 2.89. The summed E-state index contributed by atoms with van der Waals surface area (Å²) in [7, 11) is 1.61. The zero-order valence-electron chi connectivity index (χ0n) is 15.0. The summed E-state index contributed by atoms with van der Waals surface area (Å²) < 4.78 is 20.7. The Labute approximate surface area is 152 Å². The van der Waals surface area contributed by atoms with Gasteiger partial charge in [-0.3, -0.25) is 14.4 Å². The molecular formula is C19H25FN4O2. The molecule has 1 amide bonds. The summed E-state index contributed by atoms with van der Waals surface area (Å²) in [6, 6.07) is 8.66. The fourth-order valence-electron chi connectivity index (χ4n) is 3.46. The number of methoxy groups -OCH3 is 1. The summed E-state index contributed by atoms with van der Waals surface area (Å²) >= 11 is 0. The highest BCUT2D eigenvalue weighted by Crippen LogP contribution is 2.31. The number of rotatable bonds is 7. The van der Waals surface area contributed by atoms with E-state index in [4.69, 9.17) is 4.74 Å². The highest BCUT2D eigenvalue weighted by atomic mass is 19.1. The molecule has 7 heteroatoms. The maximum Gasteiger partial charge on any atom is 0.248 e. The van der Waals surface area contributed by atoms with Crippen LogP contribution in [-0.4, -0.2) is 53.9 Å². The van der Waals surface area contributed by atoms with Crippen LogP contribution >= 0.6 is 0 Å². The van der Waals surface area contributed by atoms with Gasteiger partial charge in [-0.15, -0.1) is 0 Å². The molecule has 1 aliphatic rings. The molecule has 1 saturated heterocycles. The minimum Gasteiger partial charge on any atom is -0.383 e. The van der Waals surface area contributed by atoms with E-state index in [0.717, 1.165) is 0 Å². The van der Waals surface area contributed by atoms with Gasteiger partial charge in [0.25, 0.3) is 0 Å². The first-order valence-corrected chi connectivity index (χ1v) is 8.89. The number of carbonyl (C=O) groups excluding carboxylic acids is 1. The predicted molar refractivity (Wildman–Crippen MR) is 96.0 cm³/mol. The van der Waals surface area contributed by atoms with Crippen molar-refractivity contribution in [2.75, 3.05) is 33.4 Å². The fourth-order valence-corrected chi connectivity index (χ4v) is 3.46. The van der Waals surface area contributed by atoms with Gasteiger partial charge in [-0.25, -0.2) is 4.39 Å². The second-order valence-electron chi connectivity index (χ2n) is 6.60. The summed E-state index contributed by atoms with van der Waals surface area (Å²) in [5.41, 5.74) is -0.0215. The average Bonchev–Trinajstić information content (AvgIpc) is 3.20. The molecule has 0 unspecified atom stereocenters. The number of amides is 1. The van der Waals surface area contributed by atoms with E-state index in [9.17, 15) is 9.18 Å². The lowest BCUT2D eigenvalue weighted by atomic mass is 9.86. The van der Waals surface area contributed by atoms with Crippen molar-refractivity contribution in [2.24, 2.45) is 0 Å². The first-order chi connectivity index (χ1) is 12.7. The number of likely N-dealkylation sites (tertiary alicyclic amines) is 1. The summed E-state index contributed by atoms with van der Waals surface area (Å²) in [5, 5.41) is 7.28. The normalized spacial score (nSPS) is 17.2. The van der Waals surface area contributed by atoms with Crippen LogP contribution in [0.2, 0.25) is 0 Å². The van der Waals surface area contributed by atoms with Crippen LogP contribution in [0, 0.1) is 5.82 Å². The smallest absolute Gasteiger partial charge is 0.248 e. The summed E-state index contributed by atoms with van der Waals surface area (Å²) in [5.74, 6) is -0.225. The molecule has 26 heavy (non-hydrogen) atoms. The molecule has 0 saturated carbocycles. The van der Waals surface area contributed by atoms with E-state index in [-0.39, 0.29) is 11.7 Å². The molecule has 1 N–H and O–H groups in total. The van der Waals surface area contributed by atoms with Gasteiger partial charge < -0.3 is 10.1 Å². The van der Waals surface area contributed by atoms with Crippen LogP contribution in [0.15, 0.2) is 42.7 Å². The molecule has 0 radical (unpaired) electrons. The molecule has 1 aromatic heterocycles. The Bertz CT molecular complexity index is 712. The molecule has 0 spiro atoms. The van der Waals surface area contributed by atoms with E-state index in [2.05, 4.69) is 15.3 Å².